The summed E-state index contributed by atoms with van der Waals surface area (Å²) in [6.45, 7) is 0. The van der Waals surface area contributed by atoms with Crippen LogP contribution in [0.4, 0.5) is 0 Å². The second-order valence-electron chi connectivity index (χ2n) is 3.33. The molecule has 0 aromatic carbocycles. The molecule has 0 spiro atoms. The number of aromatic nitrogens is 2. The van der Waals surface area contributed by atoms with Gasteiger partial charge in [-0.15, -0.1) is 0 Å². The van der Waals surface area contributed by atoms with Gasteiger partial charge in [0.1, 0.15) is 0 Å². The molecule has 0 radical (unpaired) electrons. The zero-order valence-corrected chi connectivity index (χ0v) is 7.67. The van der Waals surface area contributed by atoms with Gasteiger partial charge in [-0.1, -0.05) is 0 Å². The minimum atomic E-state index is 1.21. The third-order valence-corrected chi connectivity index (χ3v) is 2.39. The zero-order valence-electron chi connectivity index (χ0n) is 7.67. The van der Waals surface area contributed by atoms with E-state index in [4.69, 9.17) is 0 Å². The van der Waals surface area contributed by atoms with E-state index in [0.717, 1.165) is 0 Å². The van der Waals surface area contributed by atoms with Gasteiger partial charge in [0.05, 0.1) is 0 Å². The molecule has 3 rings (SSSR count). The van der Waals surface area contributed by atoms with Gasteiger partial charge < -0.3 is 0 Å². The summed E-state index contributed by atoms with van der Waals surface area (Å²) >= 11 is 0. The summed E-state index contributed by atoms with van der Waals surface area (Å²) in [5.41, 5.74) is 2.41. The van der Waals surface area contributed by atoms with Crippen molar-refractivity contribution in [3.05, 3.63) is 54.9 Å². The van der Waals surface area contributed by atoms with Crippen LogP contribution in [-0.4, -0.2) is 7.19 Å². The molecule has 0 amide bonds. The maximum atomic E-state index is 2.17. The molecule has 2 nitrogen and oxygen atoms in total. The van der Waals surface area contributed by atoms with Crippen LogP contribution in [0.25, 0.3) is 11.0 Å². The Morgan fingerprint density at radius 1 is 0.786 bits per heavy atom. The number of fused-ring (bicyclic) bond motifs is 2. The predicted octanol–water partition coefficient (Wildman–Crippen LogP) is 0.502. The van der Waals surface area contributed by atoms with Crippen LogP contribution in [-0.2, 0) is 0 Å². The Labute approximate surface area is 82.3 Å². The molecular weight excluding hydrogens is 171 g/mol. The van der Waals surface area contributed by atoms with Gasteiger partial charge in [-0.25, -0.2) is 0 Å². The molecule has 3 heterocycles. The first-order chi connectivity index (χ1) is 6.93. The Balaban J connectivity index is 2.52. The molecule has 0 aliphatic rings. The molecule has 14 heavy (non-hydrogen) atoms. The van der Waals surface area contributed by atoms with E-state index in [-0.39, 0.29) is 0 Å². The van der Waals surface area contributed by atoms with E-state index >= 15 is 0 Å². The summed E-state index contributed by atoms with van der Waals surface area (Å²) in [5, 5.41) is 0. The van der Waals surface area contributed by atoms with Gasteiger partial charge in [0.25, 0.3) is 0 Å². The summed E-state index contributed by atoms with van der Waals surface area (Å²) in [4.78, 5) is 0. The van der Waals surface area contributed by atoms with Gasteiger partial charge in [-0.05, 0) is 0 Å². The number of rotatable bonds is 0. The van der Waals surface area contributed by atoms with Crippen LogP contribution in [0.5, 0.6) is 0 Å². The molecule has 0 atom stereocenters. The number of hydrogen-bond donors (Lipinski definition) is 0. The van der Waals surface area contributed by atoms with E-state index in [1.807, 2.05) is 12.1 Å². The second kappa shape index (κ2) is 2.87. The van der Waals surface area contributed by atoms with Gasteiger partial charge in [-0.3, -0.25) is 0 Å². The molecule has 3 heteroatoms. The van der Waals surface area contributed by atoms with E-state index in [1.165, 1.54) is 11.0 Å². The van der Waals surface area contributed by atoms with Crippen LogP contribution >= 0.6 is 0 Å². The van der Waals surface area contributed by atoms with Gasteiger partial charge in [0, 0.05) is 0 Å². The van der Waals surface area contributed by atoms with Crippen LogP contribution < -0.4 is 8.62 Å². The van der Waals surface area contributed by atoms with Gasteiger partial charge >= 0.3 is 81.7 Å². The molecule has 0 bridgehead atoms. The van der Waals surface area contributed by atoms with Crippen LogP contribution in [0, 0.1) is 0 Å². The van der Waals surface area contributed by atoms with E-state index in [2.05, 4.69) is 58.5 Å². The van der Waals surface area contributed by atoms with E-state index in [9.17, 15) is 0 Å². The molecule has 0 saturated heterocycles. The monoisotopic (exact) mass is 180 g/mol. The summed E-state index contributed by atoms with van der Waals surface area (Å²) in [6, 6.07) is 14.5. The Morgan fingerprint density at radius 3 is 1.93 bits per heavy atom. The van der Waals surface area contributed by atoms with E-state index in [1.54, 1.807) is 0 Å². The fourth-order valence-corrected chi connectivity index (χ4v) is 1.68. The first-order valence-electron chi connectivity index (χ1n) is 4.63. The molecule has 0 aliphatic carbocycles. The summed E-state index contributed by atoms with van der Waals surface area (Å²) in [6.07, 6.45) is 4.10. The van der Waals surface area contributed by atoms with Gasteiger partial charge in [0.2, 0.25) is 0 Å². The number of hydrogen-bond acceptors (Lipinski definition) is 0. The number of nitrogens with zero attached hydrogens (tertiary/aromatic N) is 2. The standard InChI is InChI=1S/C11H9BN2/c1-3-7-13-10(5-1)9-11-6-2-4-8-14(11)12-13/h1-9H/q+2. The quantitative estimate of drug-likeness (QED) is 0.445. The zero-order chi connectivity index (χ0) is 9.38. The third-order valence-electron chi connectivity index (χ3n) is 2.39. The summed E-state index contributed by atoms with van der Waals surface area (Å²) in [5.74, 6) is 0. The first-order valence-corrected chi connectivity index (χ1v) is 4.63. The van der Waals surface area contributed by atoms with Gasteiger partial charge in [-0.2, -0.15) is 0 Å². The fraction of sp³-hybridized carbons (Fsp3) is 0. The Hall–Kier alpha value is -1.77. The molecule has 0 fully saturated rings. The number of pyridine rings is 2. The Kier molecular flexibility index (Phi) is 1.56. The molecule has 0 aliphatic heterocycles. The van der Waals surface area contributed by atoms with Crippen molar-refractivity contribution < 1.29 is 8.62 Å². The normalized spacial score (nSPS) is 10.6. The first kappa shape index (κ1) is 7.62. The molecule has 0 unspecified atom stereocenters. The average molecular weight is 180 g/mol. The average Bonchev–Trinajstić information content (AvgIpc) is 2.26. The van der Waals surface area contributed by atoms with Crippen LogP contribution in [0.1, 0.15) is 0 Å². The van der Waals surface area contributed by atoms with Crippen molar-refractivity contribution >= 4 is 18.2 Å². The third kappa shape index (κ3) is 1.09. The molecule has 0 N–H and O–H groups in total. The molecular formula is C11H9BN2+2. The predicted molar refractivity (Wildman–Crippen MR) is 54.1 cm³/mol. The van der Waals surface area contributed by atoms with Crippen molar-refractivity contribution in [1.82, 2.24) is 0 Å². The second-order valence-corrected chi connectivity index (χ2v) is 3.33. The SMILES string of the molecule is b1[n+]2ccccc2cc2cccc[n+]12. The van der Waals surface area contributed by atoms with Gasteiger partial charge in [0.15, 0.2) is 0 Å². The van der Waals surface area contributed by atoms with Crippen molar-refractivity contribution in [2.24, 2.45) is 0 Å². The van der Waals surface area contributed by atoms with Crippen LogP contribution in [0.3, 0.4) is 0 Å². The summed E-state index contributed by atoms with van der Waals surface area (Å²) < 4.78 is 4.21. The molecule has 3 aromatic heterocycles. The van der Waals surface area contributed by atoms with Crippen molar-refractivity contribution in [1.29, 1.82) is 0 Å². The van der Waals surface area contributed by atoms with Crippen molar-refractivity contribution in [2.75, 3.05) is 0 Å². The van der Waals surface area contributed by atoms with Crippen LogP contribution in [0.15, 0.2) is 54.9 Å². The minimum absolute atomic E-state index is 1.21. The molecule has 64 valence electrons. The molecule has 3 aromatic rings. The van der Waals surface area contributed by atoms with Crippen molar-refractivity contribution in [3.8, 4) is 0 Å². The molecule has 0 saturated carbocycles. The Bertz CT molecular complexity index is 502. The topological polar surface area (TPSA) is 8.20 Å². The van der Waals surface area contributed by atoms with Crippen molar-refractivity contribution in [3.63, 3.8) is 0 Å². The van der Waals surface area contributed by atoms with E-state index in [0.29, 0.717) is 0 Å². The van der Waals surface area contributed by atoms with Crippen LogP contribution in [0.2, 0.25) is 0 Å². The maximum absolute atomic E-state index is 2.17. The van der Waals surface area contributed by atoms with E-state index < -0.39 is 0 Å². The van der Waals surface area contributed by atoms with Crippen molar-refractivity contribution in [2.45, 2.75) is 0 Å². The Morgan fingerprint density at radius 2 is 1.36 bits per heavy atom. The fourth-order valence-electron chi connectivity index (χ4n) is 1.68. The summed E-state index contributed by atoms with van der Waals surface area (Å²) in [7, 11) is 2.07.